The Kier molecular flexibility index (Phi) is 39.6. The van der Waals surface area contributed by atoms with E-state index in [1.165, 1.54) is 23.8 Å². The summed E-state index contributed by atoms with van der Waals surface area (Å²) in [5.41, 5.74) is 16.7. The lowest BCUT2D eigenvalue weighted by Gasteiger charge is -2.17. The zero-order valence-corrected chi connectivity index (χ0v) is 27.3. The molecule has 1 aliphatic heterocycles. The summed E-state index contributed by atoms with van der Waals surface area (Å²) in [6, 6.07) is 0. The van der Waals surface area contributed by atoms with Crippen LogP contribution in [0.2, 0.25) is 0 Å². The summed E-state index contributed by atoms with van der Waals surface area (Å²) >= 11 is 0. The number of aliphatic imine (C=N–C) groups is 1. The zero-order valence-electron chi connectivity index (χ0n) is 27.3. The molecule has 0 aromatic rings. The summed E-state index contributed by atoms with van der Waals surface area (Å²) in [7, 11) is 1.50. The first kappa shape index (κ1) is 43.1. The minimum atomic E-state index is 0.391. The van der Waals surface area contributed by atoms with Gasteiger partial charge in [0.1, 0.15) is 0 Å². The molecule has 1 unspecified atom stereocenters. The molecular weight excluding hydrogens is 464 g/mol. The van der Waals surface area contributed by atoms with Crippen molar-refractivity contribution in [2.75, 3.05) is 26.7 Å². The fourth-order valence-electron chi connectivity index (χ4n) is 3.57. The third-order valence-corrected chi connectivity index (χ3v) is 5.58. The second-order valence-electron chi connectivity index (χ2n) is 7.77. The zero-order chi connectivity index (χ0) is 30.2. The van der Waals surface area contributed by atoms with Gasteiger partial charge in [0.05, 0.1) is 0 Å². The average molecular weight is 531 g/mol. The highest BCUT2D eigenvalue weighted by molar-refractivity contribution is 5.65. The van der Waals surface area contributed by atoms with Gasteiger partial charge in [-0.2, -0.15) is 0 Å². The molecule has 0 amide bonds. The number of nitrogens with zero attached hydrogens (tertiary/aromatic N) is 1. The highest BCUT2D eigenvalue weighted by Gasteiger charge is 2.12. The normalized spacial score (nSPS) is 14.6. The Morgan fingerprint density at radius 3 is 2.13 bits per heavy atom. The SMILES string of the molecule is C=C(CC=N/C(=C\C(=C\CC(=C/C)/C=C/C)CC)C(CC)CCN)C1=CCCNC1.CC.CC.CC.CN. The lowest BCUT2D eigenvalue weighted by atomic mass is 9.95. The molecule has 0 aromatic carbocycles. The molecule has 0 aromatic heterocycles. The number of hydrogen-bond donors (Lipinski definition) is 3. The minimum absolute atomic E-state index is 0.391. The molecule has 1 atom stereocenters. The third-order valence-electron chi connectivity index (χ3n) is 5.58. The lowest BCUT2D eigenvalue weighted by Crippen LogP contribution is -2.22. The van der Waals surface area contributed by atoms with Crippen LogP contribution in [0.1, 0.15) is 108 Å². The van der Waals surface area contributed by atoms with Crippen LogP contribution < -0.4 is 16.8 Å². The standard InChI is InChI=1S/C27H43N3.3C2H6.CH5N/c1-6-11-23(7-2)13-14-24(8-3)20-27(25(9-4)15-17-28)30-19-16-22(5)26-12-10-18-29-21-26;4*1-2/h6-7,11-12,14,19-20,25,29H,5,8-10,13,15-18,21,28H2,1-4H3;3*1-2H3;2H2,1H3/b11-6+,23-7+,24-14+,27-20-,30-19?;;;;. The van der Waals surface area contributed by atoms with E-state index in [9.17, 15) is 0 Å². The summed E-state index contributed by atoms with van der Waals surface area (Å²) in [5.74, 6) is 0.391. The molecule has 1 aliphatic rings. The van der Waals surface area contributed by atoms with E-state index in [0.717, 1.165) is 62.9 Å². The monoisotopic (exact) mass is 531 g/mol. The van der Waals surface area contributed by atoms with E-state index in [0.29, 0.717) is 12.5 Å². The molecule has 1 rings (SSSR count). The average Bonchev–Trinajstić information content (AvgIpc) is 3.00. The molecule has 0 bridgehead atoms. The second kappa shape index (κ2) is 35.0. The van der Waals surface area contributed by atoms with E-state index in [4.69, 9.17) is 10.7 Å². The van der Waals surface area contributed by atoms with E-state index in [1.807, 2.05) is 47.8 Å². The fourth-order valence-corrected chi connectivity index (χ4v) is 3.57. The van der Waals surface area contributed by atoms with Gasteiger partial charge in [0, 0.05) is 30.8 Å². The van der Waals surface area contributed by atoms with Crippen molar-refractivity contribution < 1.29 is 0 Å². The van der Waals surface area contributed by atoms with Crippen LogP contribution >= 0.6 is 0 Å². The Labute approximate surface area is 239 Å². The van der Waals surface area contributed by atoms with Crippen LogP contribution in [0.3, 0.4) is 0 Å². The number of hydrogen-bond acceptors (Lipinski definition) is 4. The van der Waals surface area contributed by atoms with Gasteiger partial charge < -0.3 is 16.8 Å². The van der Waals surface area contributed by atoms with Crippen LogP contribution in [-0.2, 0) is 0 Å². The maximum absolute atomic E-state index is 5.89. The molecule has 5 N–H and O–H groups in total. The number of allylic oxidation sites excluding steroid dienone is 8. The van der Waals surface area contributed by atoms with Crippen molar-refractivity contribution >= 4 is 6.21 Å². The molecule has 0 saturated carbocycles. The predicted octanol–water partition coefficient (Wildman–Crippen LogP) is 9.08. The van der Waals surface area contributed by atoms with Gasteiger partial charge >= 0.3 is 0 Å². The molecule has 4 nitrogen and oxygen atoms in total. The number of nitrogens with two attached hydrogens (primary N) is 2. The number of nitrogens with one attached hydrogen (secondary N) is 1. The van der Waals surface area contributed by atoms with E-state index < -0.39 is 0 Å². The van der Waals surface area contributed by atoms with Crippen molar-refractivity contribution in [3.05, 3.63) is 71.0 Å². The second-order valence-corrected chi connectivity index (χ2v) is 7.77. The third kappa shape index (κ3) is 22.0. The van der Waals surface area contributed by atoms with Crippen molar-refractivity contribution in [3.63, 3.8) is 0 Å². The van der Waals surface area contributed by atoms with Gasteiger partial charge in [-0.15, -0.1) is 0 Å². The molecule has 1 heterocycles. The molecule has 0 saturated heterocycles. The number of rotatable bonds is 13. The van der Waals surface area contributed by atoms with Crippen molar-refractivity contribution in [1.29, 1.82) is 0 Å². The van der Waals surface area contributed by atoms with E-state index >= 15 is 0 Å². The molecule has 222 valence electrons. The first-order chi connectivity index (χ1) is 18.6. The Hall–Kier alpha value is -2.01. The van der Waals surface area contributed by atoms with Crippen LogP contribution in [0.5, 0.6) is 0 Å². The minimum Gasteiger partial charge on any atom is -0.333 e. The van der Waals surface area contributed by atoms with Gasteiger partial charge in [0.15, 0.2) is 0 Å². The van der Waals surface area contributed by atoms with Gasteiger partial charge in [0.2, 0.25) is 0 Å². The van der Waals surface area contributed by atoms with Crippen LogP contribution in [0.4, 0.5) is 0 Å². The van der Waals surface area contributed by atoms with Gasteiger partial charge in [-0.3, -0.25) is 4.99 Å². The molecule has 0 fully saturated rings. The maximum Gasteiger partial charge on any atom is 0.0433 e. The molecule has 0 aliphatic carbocycles. The molecule has 0 radical (unpaired) electrons. The first-order valence-electron chi connectivity index (χ1n) is 15.2. The van der Waals surface area contributed by atoms with Crippen LogP contribution in [0.15, 0.2) is 76.0 Å². The Bertz CT molecular complexity index is 706. The molecule has 4 heteroatoms. The summed E-state index contributed by atoms with van der Waals surface area (Å²) in [6.07, 6.45) is 21.2. The Morgan fingerprint density at radius 2 is 1.68 bits per heavy atom. The van der Waals surface area contributed by atoms with Crippen molar-refractivity contribution in [3.8, 4) is 0 Å². The predicted molar refractivity (Wildman–Crippen MR) is 179 cm³/mol. The van der Waals surface area contributed by atoms with Crippen molar-refractivity contribution in [2.24, 2.45) is 22.4 Å². The van der Waals surface area contributed by atoms with Gasteiger partial charge in [-0.1, -0.05) is 97.9 Å². The topological polar surface area (TPSA) is 76.4 Å². The van der Waals surface area contributed by atoms with Crippen LogP contribution in [0.25, 0.3) is 0 Å². The summed E-state index contributed by atoms with van der Waals surface area (Å²) in [5, 5.41) is 3.41. The molecule has 0 spiro atoms. The lowest BCUT2D eigenvalue weighted by molar-refractivity contribution is 0.545. The first-order valence-corrected chi connectivity index (χ1v) is 15.2. The smallest absolute Gasteiger partial charge is 0.0433 e. The van der Waals surface area contributed by atoms with Gasteiger partial charge in [-0.05, 0) is 88.9 Å². The van der Waals surface area contributed by atoms with Gasteiger partial charge in [0.25, 0.3) is 0 Å². The van der Waals surface area contributed by atoms with Crippen molar-refractivity contribution in [2.45, 2.75) is 108 Å². The summed E-state index contributed by atoms with van der Waals surface area (Å²) in [4.78, 5) is 4.92. The molecular formula is C34H66N4. The quantitative estimate of drug-likeness (QED) is 0.164. The highest BCUT2D eigenvalue weighted by Crippen LogP contribution is 2.24. The van der Waals surface area contributed by atoms with Crippen LogP contribution in [0, 0.1) is 5.92 Å². The molecule has 38 heavy (non-hydrogen) atoms. The largest absolute Gasteiger partial charge is 0.333 e. The summed E-state index contributed by atoms with van der Waals surface area (Å²) < 4.78 is 0. The highest BCUT2D eigenvalue weighted by atomic mass is 14.9. The van der Waals surface area contributed by atoms with E-state index in [1.54, 1.807) is 0 Å². The van der Waals surface area contributed by atoms with Crippen LogP contribution in [-0.4, -0.2) is 32.9 Å². The van der Waals surface area contributed by atoms with E-state index in [-0.39, 0.29) is 0 Å². The Morgan fingerprint density at radius 1 is 1.05 bits per heavy atom. The Balaban J connectivity index is -0.000000656. The van der Waals surface area contributed by atoms with Crippen molar-refractivity contribution in [1.82, 2.24) is 5.32 Å². The van der Waals surface area contributed by atoms with E-state index in [2.05, 4.69) is 81.8 Å². The fraction of sp³-hybridized carbons (Fsp3) is 0.618. The van der Waals surface area contributed by atoms with Gasteiger partial charge in [-0.25, -0.2) is 0 Å². The summed E-state index contributed by atoms with van der Waals surface area (Å²) in [6.45, 7) is 27.5. The maximum atomic E-state index is 5.89.